The minimum absolute atomic E-state index is 0.0213. The third-order valence-electron chi connectivity index (χ3n) is 6.29. The Bertz CT molecular complexity index is 915. The van der Waals surface area contributed by atoms with Gasteiger partial charge in [0.1, 0.15) is 0 Å². The lowest BCUT2D eigenvalue weighted by Gasteiger charge is -2.41. The topological polar surface area (TPSA) is 79.6 Å². The molecule has 0 radical (unpaired) electrons. The second kappa shape index (κ2) is 10.1. The zero-order valence-corrected chi connectivity index (χ0v) is 18.8. The molecule has 1 aromatic heterocycles. The molecule has 1 aromatic carbocycles. The summed E-state index contributed by atoms with van der Waals surface area (Å²) in [6.07, 6.45) is -1.74. The molecule has 0 spiro atoms. The summed E-state index contributed by atoms with van der Waals surface area (Å²) in [7, 11) is 3.77. The van der Waals surface area contributed by atoms with Crippen LogP contribution in [0.5, 0.6) is 0 Å². The summed E-state index contributed by atoms with van der Waals surface area (Å²) >= 11 is 0. The number of hydrogen-bond acceptors (Lipinski definition) is 6. The van der Waals surface area contributed by atoms with Crippen molar-refractivity contribution in [2.45, 2.75) is 57.4 Å². The van der Waals surface area contributed by atoms with E-state index in [-0.39, 0.29) is 41.2 Å². The zero-order valence-electron chi connectivity index (χ0n) is 18.8. The maximum Gasteiger partial charge on any atom is 0.416 e. The Labute approximate surface area is 185 Å². The Morgan fingerprint density at radius 2 is 2.09 bits per heavy atom. The van der Waals surface area contributed by atoms with Gasteiger partial charge in [0.25, 0.3) is 0 Å². The molecule has 0 saturated heterocycles. The fraction of sp³-hybridized carbons (Fsp3) is 0.636. The SMILES string of the molecule is COCC1CC(N(C)C(C)C)CCC1NC(=O)CNc1noc2ccc(C(F)(F)F)cc12. The average molecular weight is 457 g/mol. The van der Waals surface area contributed by atoms with Gasteiger partial charge in [-0.25, -0.2) is 0 Å². The van der Waals surface area contributed by atoms with E-state index in [0.29, 0.717) is 18.7 Å². The Hall–Kier alpha value is -2.33. The highest BCUT2D eigenvalue weighted by atomic mass is 19.4. The lowest BCUT2D eigenvalue weighted by atomic mass is 9.81. The Morgan fingerprint density at radius 3 is 2.75 bits per heavy atom. The molecule has 2 N–H and O–H groups in total. The fourth-order valence-electron chi connectivity index (χ4n) is 4.28. The molecular weight excluding hydrogens is 425 g/mol. The highest BCUT2D eigenvalue weighted by Crippen LogP contribution is 2.33. The van der Waals surface area contributed by atoms with Crippen molar-refractivity contribution in [1.82, 2.24) is 15.4 Å². The minimum Gasteiger partial charge on any atom is -0.384 e. The highest BCUT2D eigenvalue weighted by molar-refractivity contribution is 5.90. The average Bonchev–Trinajstić information content (AvgIpc) is 3.14. The van der Waals surface area contributed by atoms with Crippen LogP contribution in [-0.4, -0.2) is 61.4 Å². The largest absolute Gasteiger partial charge is 0.416 e. The summed E-state index contributed by atoms with van der Waals surface area (Å²) in [5.74, 6) is 0.0398. The van der Waals surface area contributed by atoms with Gasteiger partial charge in [-0.3, -0.25) is 4.79 Å². The summed E-state index contributed by atoms with van der Waals surface area (Å²) in [6, 6.07) is 3.98. The summed E-state index contributed by atoms with van der Waals surface area (Å²) in [5.41, 5.74) is -0.583. The van der Waals surface area contributed by atoms with E-state index >= 15 is 0 Å². The summed E-state index contributed by atoms with van der Waals surface area (Å²) < 4.78 is 49.5. The third kappa shape index (κ3) is 5.72. The maximum absolute atomic E-state index is 13.0. The van der Waals surface area contributed by atoms with Gasteiger partial charge in [0.05, 0.1) is 24.1 Å². The second-order valence-corrected chi connectivity index (χ2v) is 8.71. The molecule has 32 heavy (non-hydrogen) atoms. The molecule has 1 aliphatic rings. The molecule has 10 heteroatoms. The van der Waals surface area contributed by atoms with Crippen molar-refractivity contribution in [3.63, 3.8) is 0 Å². The van der Waals surface area contributed by atoms with E-state index in [0.717, 1.165) is 31.4 Å². The van der Waals surface area contributed by atoms with Crippen LogP contribution in [0.15, 0.2) is 22.7 Å². The third-order valence-corrected chi connectivity index (χ3v) is 6.29. The number of rotatable bonds is 8. The number of aromatic nitrogens is 1. The number of amides is 1. The number of hydrogen-bond donors (Lipinski definition) is 2. The fourth-order valence-corrected chi connectivity index (χ4v) is 4.28. The summed E-state index contributed by atoms with van der Waals surface area (Å²) in [5, 5.41) is 9.80. The van der Waals surface area contributed by atoms with E-state index in [4.69, 9.17) is 9.26 Å². The van der Waals surface area contributed by atoms with Gasteiger partial charge in [-0.15, -0.1) is 0 Å². The lowest BCUT2D eigenvalue weighted by Crippen LogP contribution is -2.51. The van der Waals surface area contributed by atoms with Crippen molar-refractivity contribution in [3.05, 3.63) is 23.8 Å². The maximum atomic E-state index is 13.0. The van der Waals surface area contributed by atoms with Crippen LogP contribution in [0.2, 0.25) is 0 Å². The standard InChI is InChI=1S/C22H31F3N4O3/c1-13(2)29(3)16-6-7-18(14(9-16)12-31-4)27-20(30)11-26-21-17-10-15(22(23,24)25)5-8-19(17)32-28-21/h5,8,10,13-14,16,18H,6-7,9,11-12H2,1-4H3,(H,26,28)(H,27,30). The molecule has 1 heterocycles. The number of nitrogens with zero attached hydrogens (tertiary/aromatic N) is 2. The minimum atomic E-state index is -4.47. The van der Waals surface area contributed by atoms with Gasteiger partial charge in [0.2, 0.25) is 5.91 Å². The van der Waals surface area contributed by atoms with Gasteiger partial charge >= 0.3 is 6.18 Å². The first-order chi connectivity index (χ1) is 15.1. The van der Waals surface area contributed by atoms with E-state index in [1.54, 1.807) is 7.11 Å². The molecule has 3 atom stereocenters. The van der Waals surface area contributed by atoms with Crippen molar-refractivity contribution in [2.75, 3.05) is 32.6 Å². The van der Waals surface area contributed by atoms with Gasteiger partial charge < -0.3 is 24.8 Å². The molecule has 2 aromatic rings. The number of anilines is 1. The molecule has 1 saturated carbocycles. The number of nitrogens with one attached hydrogen (secondary N) is 2. The predicted molar refractivity (Wildman–Crippen MR) is 115 cm³/mol. The molecule has 0 bridgehead atoms. The van der Waals surface area contributed by atoms with Crippen molar-refractivity contribution in [2.24, 2.45) is 5.92 Å². The molecule has 0 aliphatic heterocycles. The smallest absolute Gasteiger partial charge is 0.384 e. The Balaban J connectivity index is 1.61. The molecule has 7 nitrogen and oxygen atoms in total. The number of ether oxygens (including phenoxy) is 1. The predicted octanol–water partition coefficient (Wildman–Crippen LogP) is 3.90. The number of alkyl halides is 3. The number of fused-ring (bicyclic) bond motifs is 1. The van der Waals surface area contributed by atoms with Crippen LogP contribution < -0.4 is 10.6 Å². The molecule has 3 rings (SSSR count). The second-order valence-electron chi connectivity index (χ2n) is 8.71. The summed E-state index contributed by atoms with van der Waals surface area (Å²) in [6.45, 7) is 4.75. The monoisotopic (exact) mass is 456 g/mol. The van der Waals surface area contributed by atoms with Crippen LogP contribution in [-0.2, 0) is 15.7 Å². The zero-order chi connectivity index (χ0) is 23.5. The van der Waals surface area contributed by atoms with E-state index in [1.165, 1.54) is 6.07 Å². The number of carbonyl (C=O) groups is 1. The molecule has 3 unspecified atom stereocenters. The number of carbonyl (C=O) groups excluding carboxylic acids is 1. The Morgan fingerprint density at radius 1 is 1.34 bits per heavy atom. The summed E-state index contributed by atoms with van der Waals surface area (Å²) in [4.78, 5) is 14.9. The van der Waals surface area contributed by atoms with Gasteiger partial charge in [-0.05, 0) is 58.4 Å². The van der Waals surface area contributed by atoms with Crippen molar-refractivity contribution in [3.8, 4) is 0 Å². The number of benzene rings is 1. The first-order valence-electron chi connectivity index (χ1n) is 10.8. The normalized spacial score (nSPS) is 22.0. The van der Waals surface area contributed by atoms with Gasteiger partial charge in [0, 0.05) is 31.2 Å². The van der Waals surface area contributed by atoms with Crippen LogP contribution in [0.3, 0.4) is 0 Å². The van der Waals surface area contributed by atoms with Crippen LogP contribution >= 0.6 is 0 Å². The lowest BCUT2D eigenvalue weighted by molar-refractivity contribution is -0.137. The number of halogens is 3. The van der Waals surface area contributed by atoms with Crippen LogP contribution in [0.4, 0.5) is 19.0 Å². The first kappa shape index (κ1) is 24.3. The molecule has 1 aliphatic carbocycles. The van der Waals surface area contributed by atoms with Crippen LogP contribution in [0.25, 0.3) is 11.0 Å². The first-order valence-corrected chi connectivity index (χ1v) is 10.8. The van der Waals surface area contributed by atoms with Gasteiger partial charge in [0.15, 0.2) is 11.4 Å². The molecule has 1 amide bonds. The quantitative estimate of drug-likeness (QED) is 0.627. The van der Waals surface area contributed by atoms with Crippen molar-refractivity contribution < 1.29 is 27.2 Å². The van der Waals surface area contributed by atoms with Crippen LogP contribution in [0.1, 0.15) is 38.7 Å². The van der Waals surface area contributed by atoms with Crippen molar-refractivity contribution >= 4 is 22.7 Å². The van der Waals surface area contributed by atoms with E-state index in [2.05, 4.69) is 41.6 Å². The Kier molecular flexibility index (Phi) is 7.66. The van der Waals surface area contributed by atoms with Gasteiger partial charge in [-0.2, -0.15) is 13.2 Å². The van der Waals surface area contributed by atoms with Crippen LogP contribution in [0, 0.1) is 5.92 Å². The highest BCUT2D eigenvalue weighted by Gasteiger charge is 2.34. The molecule has 178 valence electrons. The van der Waals surface area contributed by atoms with E-state index in [1.807, 2.05) is 0 Å². The molecular formula is C22H31F3N4O3. The van der Waals surface area contributed by atoms with E-state index < -0.39 is 11.7 Å². The molecule has 1 fully saturated rings. The van der Waals surface area contributed by atoms with Crippen molar-refractivity contribution in [1.29, 1.82) is 0 Å². The van der Waals surface area contributed by atoms with E-state index in [9.17, 15) is 18.0 Å². The number of methoxy groups -OCH3 is 1. The van der Waals surface area contributed by atoms with Gasteiger partial charge in [-0.1, -0.05) is 5.16 Å².